The first kappa shape index (κ1) is 31.2. The SMILES string of the molecule is COc1cc(/C=C/C(=O)NCCC(C)(C)OCCC(C)(C)C(=O)ON2C(=O)CCC2=O)c([N+](=O)[O-])cc1OC. The molecule has 1 saturated heterocycles. The molecule has 0 spiro atoms. The lowest BCUT2D eigenvalue weighted by molar-refractivity contribution is -0.385. The van der Waals surface area contributed by atoms with Gasteiger partial charge in [-0.15, -0.1) is 5.06 Å². The minimum atomic E-state index is -1.01. The second-order valence-corrected chi connectivity index (χ2v) is 10.1. The topological polar surface area (TPSA) is 164 Å². The van der Waals surface area contributed by atoms with Gasteiger partial charge in [0.05, 0.1) is 41.8 Å². The van der Waals surface area contributed by atoms with Crippen LogP contribution in [0.5, 0.6) is 11.5 Å². The summed E-state index contributed by atoms with van der Waals surface area (Å²) < 4.78 is 16.2. The van der Waals surface area contributed by atoms with Crippen LogP contribution >= 0.6 is 0 Å². The molecule has 0 unspecified atom stereocenters. The Bertz CT molecular complexity index is 1130. The summed E-state index contributed by atoms with van der Waals surface area (Å²) in [6.45, 7) is 7.37. The van der Waals surface area contributed by atoms with Crippen LogP contribution in [0.2, 0.25) is 0 Å². The highest BCUT2D eigenvalue weighted by molar-refractivity contribution is 6.01. The number of carbonyl (C=O) groups excluding carboxylic acids is 4. The molecule has 0 bridgehead atoms. The molecular weight excluding hydrogens is 514 g/mol. The first-order valence-electron chi connectivity index (χ1n) is 12.3. The molecule has 1 aliphatic rings. The zero-order valence-electron chi connectivity index (χ0n) is 23.0. The number of methoxy groups -OCH3 is 2. The van der Waals surface area contributed by atoms with Gasteiger partial charge in [0.15, 0.2) is 11.5 Å². The molecule has 1 aromatic rings. The van der Waals surface area contributed by atoms with Crippen molar-refractivity contribution in [1.82, 2.24) is 10.4 Å². The van der Waals surface area contributed by atoms with E-state index in [1.807, 2.05) is 13.8 Å². The van der Waals surface area contributed by atoms with Crippen molar-refractivity contribution < 1.29 is 43.1 Å². The van der Waals surface area contributed by atoms with Gasteiger partial charge in [0.25, 0.3) is 17.5 Å². The van der Waals surface area contributed by atoms with E-state index in [2.05, 4.69) is 5.32 Å². The van der Waals surface area contributed by atoms with Crippen LogP contribution in [0.3, 0.4) is 0 Å². The Balaban J connectivity index is 1.84. The number of rotatable bonds is 14. The first-order valence-corrected chi connectivity index (χ1v) is 12.3. The molecule has 0 radical (unpaired) electrons. The molecule has 3 amide bonds. The average Bonchev–Trinajstić information content (AvgIpc) is 3.18. The molecule has 0 saturated carbocycles. The number of carbonyl (C=O) groups is 4. The quantitative estimate of drug-likeness (QED) is 0.158. The Hall–Kier alpha value is -4.00. The van der Waals surface area contributed by atoms with Crippen molar-refractivity contribution in [3.63, 3.8) is 0 Å². The van der Waals surface area contributed by atoms with E-state index in [0.717, 1.165) is 0 Å². The van der Waals surface area contributed by atoms with Gasteiger partial charge < -0.3 is 24.4 Å². The minimum Gasteiger partial charge on any atom is -0.493 e. The number of hydrogen-bond acceptors (Lipinski definition) is 10. The number of amides is 3. The smallest absolute Gasteiger partial charge is 0.338 e. The number of nitrogens with zero attached hydrogens (tertiary/aromatic N) is 2. The highest BCUT2D eigenvalue weighted by Crippen LogP contribution is 2.35. The molecule has 1 fully saturated rings. The third-order valence-corrected chi connectivity index (χ3v) is 6.12. The second kappa shape index (κ2) is 13.2. The number of imide groups is 1. The van der Waals surface area contributed by atoms with Gasteiger partial charge in [-0.3, -0.25) is 24.5 Å². The maximum absolute atomic E-state index is 12.5. The Morgan fingerprint density at radius 2 is 1.64 bits per heavy atom. The predicted octanol–water partition coefficient (Wildman–Crippen LogP) is 2.95. The van der Waals surface area contributed by atoms with Crippen molar-refractivity contribution in [1.29, 1.82) is 0 Å². The Morgan fingerprint density at radius 1 is 1.05 bits per heavy atom. The molecule has 1 heterocycles. The van der Waals surface area contributed by atoms with Crippen LogP contribution in [0, 0.1) is 15.5 Å². The van der Waals surface area contributed by atoms with E-state index in [4.69, 9.17) is 19.0 Å². The molecular formula is C26H35N3O10. The average molecular weight is 550 g/mol. The Morgan fingerprint density at radius 3 is 2.21 bits per heavy atom. The zero-order valence-corrected chi connectivity index (χ0v) is 23.0. The number of nitro groups is 1. The van der Waals surface area contributed by atoms with E-state index in [9.17, 15) is 29.3 Å². The minimum absolute atomic E-state index is 0.0202. The standard InChI is InChI=1S/C26H35N3O10/c1-25(2,24(33)39-28-22(31)9-10-23(28)32)12-14-38-26(3,4)11-13-27-21(30)8-7-17-15-19(36-5)20(37-6)16-18(17)29(34)35/h7-8,15-16H,9-14H2,1-6H3,(H,27,30)/b8-7+. The lowest BCUT2D eigenvalue weighted by Crippen LogP contribution is -2.39. The predicted molar refractivity (Wildman–Crippen MR) is 138 cm³/mol. The fraction of sp³-hybridized carbons (Fsp3) is 0.538. The number of nitrogens with one attached hydrogen (secondary N) is 1. The summed E-state index contributed by atoms with van der Waals surface area (Å²) in [6.07, 6.45) is 3.25. The van der Waals surface area contributed by atoms with Crippen molar-refractivity contribution in [3.8, 4) is 11.5 Å². The first-order chi connectivity index (χ1) is 18.2. The fourth-order valence-electron chi connectivity index (χ4n) is 3.51. The van der Waals surface area contributed by atoms with Crippen molar-refractivity contribution in [3.05, 3.63) is 33.9 Å². The largest absolute Gasteiger partial charge is 0.493 e. The molecule has 39 heavy (non-hydrogen) atoms. The van der Waals surface area contributed by atoms with Gasteiger partial charge in [-0.1, -0.05) is 0 Å². The van der Waals surface area contributed by atoms with E-state index >= 15 is 0 Å². The third-order valence-electron chi connectivity index (χ3n) is 6.12. The molecule has 1 aromatic carbocycles. The van der Waals surface area contributed by atoms with Gasteiger partial charge in [0.1, 0.15) is 0 Å². The molecule has 13 heteroatoms. The van der Waals surface area contributed by atoms with Crippen LogP contribution in [-0.2, 0) is 28.8 Å². The van der Waals surface area contributed by atoms with Gasteiger partial charge in [-0.25, -0.2) is 4.79 Å². The van der Waals surface area contributed by atoms with Crippen LogP contribution in [-0.4, -0.2) is 66.6 Å². The van der Waals surface area contributed by atoms with E-state index in [1.165, 1.54) is 38.5 Å². The van der Waals surface area contributed by atoms with Crippen LogP contribution in [0.25, 0.3) is 6.08 Å². The third kappa shape index (κ3) is 8.77. The number of nitro benzene ring substituents is 1. The zero-order chi connectivity index (χ0) is 29.4. The van der Waals surface area contributed by atoms with Crippen LogP contribution in [0.4, 0.5) is 5.69 Å². The summed E-state index contributed by atoms with van der Waals surface area (Å²) in [5.41, 5.74) is -1.72. The van der Waals surface area contributed by atoms with Gasteiger partial charge in [-0.05, 0) is 52.7 Å². The second-order valence-electron chi connectivity index (χ2n) is 10.1. The van der Waals surface area contributed by atoms with Crippen LogP contribution in [0.1, 0.15) is 58.9 Å². The van der Waals surface area contributed by atoms with Crippen molar-refractivity contribution >= 4 is 35.5 Å². The highest BCUT2D eigenvalue weighted by atomic mass is 16.7. The van der Waals surface area contributed by atoms with Gasteiger partial charge in [0, 0.05) is 32.1 Å². The molecule has 214 valence electrons. The molecule has 2 rings (SSSR count). The van der Waals surface area contributed by atoms with E-state index < -0.39 is 39.6 Å². The summed E-state index contributed by atoms with van der Waals surface area (Å²) in [6, 6.07) is 2.64. The lowest BCUT2D eigenvalue weighted by atomic mass is 9.90. The number of hydroxylamine groups is 2. The highest BCUT2D eigenvalue weighted by Gasteiger charge is 2.38. The number of benzene rings is 1. The summed E-state index contributed by atoms with van der Waals surface area (Å²) in [5.74, 6) is -1.76. The maximum Gasteiger partial charge on any atom is 0.338 e. The summed E-state index contributed by atoms with van der Waals surface area (Å²) in [4.78, 5) is 64.0. The molecule has 1 aliphatic heterocycles. The van der Waals surface area contributed by atoms with Crippen LogP contribution in [0.15, 0.2) is 18.2 Å². The van der Waals surface area contributed by atoms with E-state index in [-0.39, 0.29) is 55.2 Å². The summed E-state index contributed by atoms with van der Waals surface area (Å²) in [5, 5.41) is 14.6. The van der Waals surface area contributed by atoms with Crippen molar-refractivity contribution in [2.75, 3.05) is 27.4 Å². The van der Waals surface area contributed by atoms with Crippen molar-refractivity contribution in [2.45, 2.75) is 59.0 Å². The Labute approximate surface area is 226 Å². The Kier molecular flexibility index (Phi) is 10.6. The molecule has 13 nitrogen and oxygen atoms in total. The summed E-state index contributed by atoms with van der Waals surface area (Å²) in [7, 11) is 2.77. The maximum atomic E-state index is 12.5. The molecule has 1 N–H and O–H groups in total. The molecule has 0 aromatic heterocycles. The van der Waals surface area contributed by atoms with Gasteiger partial charge >= 0.3 is 5.97 Å². The lowest BCUT2D eigenvalue weighted by Gasteiger charge is -2.29. The van der Waals surface area contributed by atoms with E-state index in [1.54, 1.807) is 13.8 Å². The fourth-order valence-corrected chi connectivity index (χ4v) is 3.51. The molecule has 0 aliphatic carbocycles. The monoisotopic (exact) mass is 549 g/mol. The van der Waals surface area contributed by atoms with Gasteiger partial charge in [0.2, 0.25) is 5.91 Å². The van der Waals surface area contributed by atoms with Gasteiger partial charge in [-0.2, -0.15) is 0 Å². The number of hydrogen-bond donors (Lipinski definition) is 1. The van der Waals surface area contributed by atoms with Crippen LogP contribution < -0.4 is 14.8 Å². The van der Waals surface area contributed by atoms with Crippen molar-refractivity contribution in [2.24, 2.45) is 5.41 Å². The normalized spacial score (nSPS) is 14.1. The van der Waals surface area contributed by atoms with E-state index in [0.29, 0.717) is 11.5 Å². The summed E-state index contributed by atoms with van der Waals surface area (Å²) >= 11 is 0. The number of ether oxygens (including phenoxy) is 3. The molecule has 0 atom stereocenters.